The number of benzene rings is 1. The number of nitrogens with one attached hydrogen (secondary N) is 2. The zero-order chi connectivity index (χ0) is 15.0. The van der Waals surface area contributed by atoms with E-state index in [1.165, 1.54) is 5.56 Å². The predicted molar refractivity (Wildman–Crippen MR) is 85.5 cm³/mol. The molecule has 0 saturated carbocycles. The van der Waals surface area contributed by atoms with Crippen LogP contribution in [-0.2, 0) is 0 Å². The Kier molecular flexibility index (Phi) is 3.60. The Morgan fingerprint density at radius 2 is 2.10 bits per heavy atom. The average Bonchev–Trinajstić information content (AvgIpc) is 3.05. The van der Waals surface area contributed by atoms with Crippen molar-refractivity contribution in [3.05, 3.63) is 41.1 Å². The number of aryl methyl sites for hydroxylation is 2. The molecule has 1 aromatic heterocycles. The highest BCUT2D eigenvalue weighted by Crippen LogP contribution is 2.23. The predicted octanol–water partition coefficient (Wildman–Crippen LogP) is 1.78. The second kappa shape index (κ2) is 5.42. The number of hydrazone groups is 1. The van der Waals surface area contributed by atoms with Crippen LogP contribution < -0.4 is 11.1 Å². The van der Waals surface area contributed by atoms with Crippen LogP contribution in [0, 0.1) is 13.8 Å². The molecule has 0 amide bonds. The highest BCUT2D eigenvalue weighted by molar-refractivity contribution is 7.80. The minimum absolute atomic E-state index is 0.768. The summed E-state index contributed by atoms with van der Waals surface area (Å²) >= 11 is 4.64. The minimum atomic E-state index is 0.768. The van der Waals surface area contributed by atoms with Crippen LogP contribution in [0.5, 0.6) is 0 Å². The molecule has 110 valence electrons. The van der Waals surface area contributed by atoms with Crippen LogP contribution in [-0.4, -0.2) is 27.2 Å². The lowest BCUT2D eigenvalue weighted by Gasteiger charge is -2.15. The molecule has 0 bridgehead atoms. The number of thiol groups is 1. The molecular formula is C14H18N6S. The molecule has 7 heteroatoms. The van der Waals surface area contributed by atoms with Crippen LogP contribution >= 0.6 is 12.6 Å². The van der Waals surface area contributed by atoms with Crippen LogP contribution in [0.1, 0.15) is 23.6 Å². The molecule has 0 aliphatic carbocycles. The van der Waals surface area contributed by atoms with Crippen molar-refractivity contribution in [1.29, 1.82) is 0 Å². The normalized spacial score (nSPS) is 14.3. The maximum atomic E-state index is 4.64. The SMILES string of the molecule is CCN1NNN=C1c1cnn(-c2ccc(C)cc2C)c1S. The summed E-state index contributed by atoms with van der Waals surface area (Å²) in [6, 6.07) is 6.27. The molecule has 0 atom stereocenters. The van der Waals surface area contributed by atoms with E-state index in [1.807, 2.05) is 16.6 Å². The second-order valence-electron chi connectivity index (χ2n) is 4.99. The van der Waals surface area contributed by atoms with Gasteiger partial charge in [-0.05, 0) is 32.4 Å². The molecule has 2 N–H and O–H groups in total. The Hall–Kier alpha value is -1.99. The van der Waals surface area contributed by atoms with Gasteiger partial charge in [0.25, 0.3) is 0 Å². The van der Waals surface area contributed by atoms with E-state index in [4.69, 9.17) is 0 Å². The third-order valence-corrected chi connectivity index (χ3v) is 3.91. The number of hydrazine groups is 2. The quantitative estimate of drug-likeness (QED) is 0.757. The summed E-state index contributed by atoms with van der Waals surface area (Å²) in [7, 11) is 0. The molecule has 21 heavy (non-hydrogen) atoms. The summed E-state index contributed by atoms with van der Waals surface area (Å²) in [5.41, 5.74) is 10.0. The first-order chi connectivity index (χ1) is 10.1. The van der Waals surface area contributed by atoms with Gasteiger partial charge in [0, 0.05) is 6.54 Å². The number of aromatic nitrogens is 2. The van der Waals surface area contributed by atoms with Crippen molar-refractivity contribution in [2.75, 3.05) is 6.54 Å². The van der Waals surface area contributed by atoms with E-state index in [9.17, 15) is 0 Å². The Bertz CT molecular complexity index is 705. The molecular weight excluding hydrogens is 284 g/mol. The summed E-state index contributed by atoms with van der Waals surface area (Å²) in [6.45, 7) is 6.98. The third kappa shape index (κ3) is 2.38. The van der Waals surface area contributed by atoms with E-state index < -0.39 is 0 Å². The van der Waals surface area contributed by atoms with Crippen molar-refractivity contribution in [3.8, 4) is 5.69 Å². The summed E-state index contributed by atoms with van der Waals surface area (Å²) in [6.07, 6.45) is 1.79. The van der Waals surface area contributed by atoms with Gasteiger partial charge in [-0.25, -0.2) is 10.2 Å². The molecule has 6 nitrogen and oxygen atoms in total. The molecule has 2 heterocycles. The first kappa shape index (κ1) is 14.0. The zero-order valence-corrected chi connectivity index (χ0v) is 13.1. The van der Waals surface area contributed by atoms with E-state index in [2.05, 4.69) is 65.9 Å². The van der Waals surface area contributed by atoms with Crippen molar-refractivity contribution in [2.24, 2.45) is 5.10 Å². The topological polar surface area (TPSA) is 57.5 Å². The maximum absolute atomic E-state index is 4.64. The number of amidine groups is 1. The van der Waals surface area contributed by atoms with Gasteiger partial charge in [0.1, 0.15) is 5.03 Å². The van der Waals surface area contributed by atoms with Crippen molar-refractivity contribution in [3.63, 3.8) is 0 Å². The summed E-state index contributed by atoms with van der Waals surface area (Å²) in [5.74, 6) is 0.790. The van der Waals surface area contributed by atoms with Crippen LogP contribution in [0.15, 0.2) is 34.5 Å². The lowest BCUT2D eigenvalue weighted by atomic mass is 10.1. The van der Waals surface area contributed by atoms with Gasteiger partial charge in [0.05, 0.1) is 17.4 Å². The zero-order valence-electron chi connectivity index (χ0n) is 12.3. The number of rotatable bonds is 3. The lowest BCUT2D eigenvalue weighted by Crippen LogP contribution is -2.40. The van der Waals surface area contributed by atoms with Gasteiger partial charge in [-0.1, -0.05) is 17.7 Å². The Morgan fingerprint density at radius 1 is 1.29 bits per heavy atom. The van der Waals surface area contributed by atoms with E-state index in [0.717, 1.165) is 34.2 Å². The molecule has 0 unspecified atom stereocenters. The fraction of sp³-hybridized carbons (Fsp3) is 0.286. The van der Waals surface area contributed by atoms with E-state index in [1.54, 1.807) is 6.20 Å². The largest absolute Gasteiger partial charge is 0.271 e. The highest BCUT2D eigenvalue weighted by Gasteiger charge is 2.22. The number of hydrogen-bond acceptors (Lipinski definition) is 6. The lowest BCUT2D eigenvalue weighted by molar-refractivity contribution is 0.308. The molecule has 2 aromatic rings. The maximum Gasteiger partial charge on any atom is 0.177 e. The highest BCUT2D eigenvalue weighted by atomic mass is 32.1. The van der Waals surface area contributed by atoms with E-state index in [0.29, 0.717) is 0 Å². The van der Waals surface area contributed by atoms with Gasteiger partial charge in [0.2, 0.25) is 0 Å². The second-order valence-corrected chi connectivity index (χ2v) is 5.41. The van der Waals surface area contributed by atoms with Crippen molar-refractivity contribution in [2.45, 2.75) is 25.8 Å². The van der Waals surface area contributed by atoms with Gasteiger partial charge in [-0.3, -0.25) is 5.01 Å². The first-order valence-electron chi connectivity index (χ1n) is 6.82. The van der Waals surface area contributed by atoms with Crippen molar-refractivity contribution in [1.82, 2.24) is 25.9 Å². The Morgan fingerprint density at radius 3 is 2.81 bits per heavy atom. The van der Waals surface area contributed by atoms with Crippen LogP contribution in [0.25, 0.3) is 5.69 Å². The van der Waals surface area contributed by atoms with Crippen LogP contribution in [0.4, 0.5) is 0 Å². The first-order valence-corrected chi connectivity index (χ1v) is 7.27. The molecule has 0 spiro atoms. The number of nitrogens with zero attached hydrogens (tertiary/aromatic N) is 4. The molecule has 0 radical (unpaired) electrons. The summed E-state index contributed by atoms with van der Waals surface area (Å²) < 4.78 is 1.84. The summed E-state index contributed by atoms with van der Waals surface area (Å²) in [5, 5.41) is 11.4. The smallest absolute Gasteiger partial charge is 0.177 e. The standard InChI is InChI=1S/C14H18N6S/c1-4-19-13(16-17-18-19)11-8-15-20(14(11)21)12-6-5-9(2)7-10(12)3/h5-8,17-18,21H,4H2,1-3H3. The molecule has 1 aliphatic heterocycles. The average molecular weight is 302 g/mol. The Labute approximate surface area is 129 Å². The fourth-order valence-electron chi connectivity index (χ4n) is 2.41. The fourth-order valence-corrected chi connectivity index (χ4v) is 2.72. The van der Waals surface area contributed by atoms with Crippen molar-refractivity contribution >= 4 is 18.5 Å². The van der Waals surface area contributed by atoms with Gasteiger partial charge >= 0.3 is 0 Å². The van der Waals surface area contributed by atoms with Gasteiger partial charge < -0.3 is 0 Å². The van der Waals surface area contributed by atoms with Crippen molar-refractivity contribution < 1.29 is 0 Å². The van der Waals surface area contributed by atoms with E-state index >= 15 is 0 Å². The molecule has 0 saturated heterocycles. The third-order valence-electron chi connectivity index (χ3n) is 3.48. The van der Waals surface area contributed by atoms with E-state index in [-0.39, 0.29) is 0 Å². The van der Waals surface area contributed by atoms with Gasteiger partial charge in [-0.15, -0.1) is 23.3 Å². The van der Waals surface area contributed by atoms with Gasteiger partial charge in [0.15, 0.2) is 5.84 Å². The molecule has 0 fully saturated rings. The van der Waals surface area contributed by atoms with Crippen LogP contribution in [0.2, 0.25) is 0 Å². The molecule has 1 aliphatic rings. The summed E-state index contributed by atoms with van der Waals surface area (Å²) in [4.78, 5) is 0. The minimum Gasteiger partial charge on any atom is -0.271 e. The van der Waals surface area contributed by atoms with Gasteiger partial charge in [-0.2, -0.15) is 5.10 Å². The molecule has 1 aromatic carbocycles. The Balaban J connectivity index is 2.03. The monoisotopic (exact) mass is 302 g/mol. The van der Waals surface area contributed by atoms with Crippen LogP contribution in [0.3, 0.4) is 0 Å². The number of hydrogen-bond donors (Lipinski definition) is 3. The molecule has 3 rings (SSSR count).